The Hall–Kier alpha value is -1.46. The first-order valence-corrected chi connectivity index (χ1v) is 7.17. The summed E-state index contributed by atoms with van der Waals surface area (Å²) in [6.07, 6.45) is 2.31. The number of nitrogen functional groups attached to an aromatic ring is 1. The van der Waals surface area contributed by atoms with E-state index < -0.39 is 0 Å². The topological polar surface area (TPSA) is 66.0 Å². The maximum absolute atomic E-state index is 6.04. The summed E-state index contributed by atoms with van der Waals surface area (Å²) in [4.78, 5) is 0. The highest BCUT2D eigenvalue weighted by atomic mass is 35.5. The van der Waals surface area contributed by atoms with Crippen LogP contribution in [0.25, 0.3) is 0 Å². The molecule has 7 heteroatoms. The molecule has 1 aromatic heterocycles. The number of nitrogens with two attached hydrogens (primary N) is 1. The molecule has 0 atom stereocenters. The molecule has 1 aliphatic carbocycles. The highest BCUT2D eigenvalue weighted by molar-refractivity contribution is 6.35. The largest absolute Gasteiger partial charge is 0.490 e. The van der Waals surface area contributed by atoms with Crippen LogP contribution >= 0.6 is 23.2 Å². The minimum Gasteiger partial charge on any atom is -0.490 e. The molecule has 0 bridgehead atoms. The maximum Gasteiger partial charge on any atom is 0.169 e. The van der Waals surface area contributed by atoms with Crippen molar-refractivity contribution in [3.63, 3.8) is 0 Å². The van der Waals surface area contributed by atoms with Crippen molar-refractivity contribution < 1.29 is 4.74 Å². The Morgan fingerprint density at radius 2 is 2.15 bits per heavy atom. The fourth-order valence-corrected chi connectivity index (χ4v) is 2.57. The average molecular weight is 313 g/mol. The van der Waals surface area contributed by atoms with Crippen LogP contribution in [-0.4, -0.2) is 21.6 Å². The van der Waals surface area contributed by atoms with E-state index in [0.29, 0.717) is 40.7 Å². The van der Waals surface area contributed by atoms with Crippen molar-refractivity contribution in [2.75, 3.05) is 12.3 Å². The number of ether oxygens (including phenoxy) is 1. The van der Waals surface area contributed by atoms with Crippen LogP contribution < -0.4 is 10.5 Å². The van der Waals surface area contributed by atoms with E-state index in [1.54, 1.807) is 18.2 Å². The lowest BCUT2D eigenvalue weighted by molar-refractivity contribution is 0.287. The lowest BCUT2D eigenvalue weighted by atomic mass is 10.3. The molecule has 3 rings (SSSR count). The van der Waals surface area contributed by atoms with Gasteiger partial charge in [0.05, 0.1) is 17.3 Å². The Morgan fingerprint density at radius 3 is 2.85 bits per heavy atom. The number of halogens is 2. The maximum atomic E-state index is 6.04. The van der Waals surface area contributed by atoms with Crippen LogP contribution in [0.3, 0.4) is 0 Å². The number of rotatable bonds is 5. The van der Waals surface area contributed by atoms with Crippen molar-refractivity contribution >= 4 is 29.0 Å². The second-order valence-electron chi connectivity index (χ2n) is 4.78. The number of nitrogens with zero attached hydrogens (tertiary/aromatic N) is 3. The van der Waals surface area contributed by atoms with E-state index in [9.17, 15) is 0 Å². The molecule has 0 radical (unpaired) electrons. The van der Waals surface area contributed by atoms with Crippen LogP contribution in [0.4, 0.5) is 5.82 Å². The molecule has 0 saturated heterocycles. The number of hydrogen-bond donors (Lipinski definition) is 1. The van der Waals surface area contributed by atoms with E-state index in [1.165, 1.54) is 0 Å². The Labute approximate surface area is 126 Å². The number of hydrogen-bond acceptors (Lipinski definition) is 4. The number of anilines is 1. The van der Waals surface area contributed by atoms with Gasteiger partial charge in [0, 0.05) is 10.9 Å². The lowest BCUT2D eigenvalue weighted by Gasteiger charge is -2.09. The van der Waals surface area contributed by atoms with Gasteiger partial charge in [-0.05, 0) is 31.0 Å². The molecular weight excluding hydrogens is 299 g/mol. The molecule has 20 heavy (non-hydrogen) atoms. The molecule has 1 fully saturated rings. The van der Waals surface area contributed by atoms with Crippen molar-refractivity contribution in [1.82, 2.24) is 15.0 Å². The van der Waals surface area contributed by atoms with Crippen LogP contribution in [0.15, 0.2) is 18.2 Å². The van der Waals surface area contributed by atoms with Crippen LogP contribution in [0.2, 0.25) is 10.0 Å². The molecule has 0 amide bonds. The van der Waals surface area contributed by atoms with Gasteiger partial charge < -0.3 is 10.5 Å². The van der Waals surface area contributed by atoms with Crippen molar-refractivity contribution in [3.8, 4) is 5.75 Å². The first-order chi connectivity index (χ1) is 9.65. The normalized spacial score (nSPS) is 14.5. The second kappa shape index (κ2) is 5.50. The van der Waals surface area contributed by atoms with Crippen LogP contribution in [0, 0.1) is 0 Å². The summed E-state index contributed by atoms with van der Waals surface area (Å²) in [5, 5.41) is 9.06. The molecule has 5 nitrogen and oxygen atoms in total. The van der Waals surface area contributed by atoms with Crippen molar-refractivity contribution in [2.45, 2.75) is 25.3 Å². The summed E-state index contributed by atoms with van der Waals surface area (Å²) in [6, 6.07) is 5.15. The number of benzene rings is 1. The molecule has 0 aliphatic heterocycles. The standard InChI is InChI=1S/C13H14Cl2N4O/c14-9-3-4-11(10(15)7-9)20-6-5-19-12(8-1-2-8)13(16)17-18-19/h3-4,7-8H,1-2,5-6,16H2. The summed E-state index contributed by atoms with van der Waals surface area (Å²) in [7, 11) is 0. The van der Waals surface area contributed by atoms with Gasteiger partial charge in [0.1, 0.15) is 12.4 Å². The molecule has 106 valence electrons. The number of aromatic nitrogens is 3. The second-order valence-corrected chi connectivity index (χ2v) is 5.62. The predicted molar refractivity (Wildman–Crippen MR) is 78.4 cm³/mol. The highest BCUT2D eigenvalue weighted by Gasteiger charge is 2.30. The fraction of sp³-hybridized carbons (Fsp3) is 0.385. The zero-order valence-corrected chi connectivity index (χ0v) is 12.2. The van der Waals surface area contributed by atoms with Gasteiger partial charge in [-0.2, -0.15) is 0 Å². The van der Waals surface area contributed by atoms with E-state index in [0.717, 1.165) is 18.5 Å². The molecular formula is C13H14Cl2N4O. The van der Waals surface area contributed by atoms with E-state index in [2.05, 4.69) is 10.3 Å². The molecule has 0 spiro atoms. The summed E-state index contributed by atoms with van der Waals surface area (Å²) >= 11 is 11.9. The first-order valence-electron chi connectivity index (χ1n) is 6.42. The Morgan fingerprint density at radius 1 is 1.35 bits per heavy atom. The van der Waals surface area contributed by atoms with Crippen LogP contribution in [-0.2, 0) is 6.54 Å². The first kappa shape index (κ1) is 13.5. The fourth-order valence-electron chi connectivity index (χ4n) is 2.11. The Balaban J connectivity index is 1.62. The third-order valence-corrected chi connectivity index (χ3v) is 3.75. The smallest absolute Gasteiger partial charge is 0.169 e. The van der Waals surface area contributed by atoms with E-state index in [4.69, 9.17) is 33.7 Å². The predicted octanol–water partition coefficient (Wildman–Crippen LogP) is 3.12. The molecule has 2 aromatic rings. The zero-order chi connectivity index (χ0) is 14.1. The average Bonchev–Trinajstić information content (AvgIpc) is 3.17. The van der Waals surface area contributed by atoms with Gasteiger partial charge in [-0.25, -0.2) is 4.68 Å². The van der Waals surface area contributed by atoms with Gasteiger partial charge in [-0.3, -0.25) is 0 Å². The minimum atomic E-state index is 0.448. The molecule has 1 saturated carbocycles. The van der Waals surface area contributed by atoms with Crippen LogP contribution in [0.5, 0.6) is 5.75 Å². The molecule has 1 aromatic carbocycles. The summed E-state index contributed by atoms with van der Waals surface area (Å²) in [5.74, 6) is 1.64. The molecule has 1 aliphatic rings. The quantitative estimate of drug-likeness (QED) is 0.921. The molecule has 0 unspecified atom stereocenters. The summed E-state index contributed by atoms with van der Waals surface area (Å²) in [5.41, 5.74) is 6.86. The van der Waals surface area contributed by atoms with Crippen molar-refractivity contribution in [3.05, 3.63) is 33.9 Å². The third kappa shape index (κ3) is 2.83. The van der Waals surface area contributed by atoms with E-state index in [-0.39, 0.29) is 0 Å². The molecule has 1 heterocycles. The van der Waals surface area contributed by atoms with Crippen molar-refractivity contribution in [1.29, 1.82) is 0 Å². The Kier molecular flexibility index (Phi) is 3.72. The van der Waals surface area contributed by atoms with E-state index >= 15 is 0 Å². The van der Waals surface area contributed by atoms with Gasteiger partial charge in [0.2, 0.25) is 0 Å². The van der Waals surface area contributed by atoms with Gasteiger partial charge in [-0.1, -0.05) is 28.4 Å². The van der Waals surface area contributed by atoms with Crippen LogP contribution in [0.1, 0.15) is 24.5 Å². The zero-order valence-electron chi connectivity index (χ0n) is 10.7. The van der Waals surface area contributed by atoms with Gasteiger partial charge in [-0.15, -0.1) is 5.10 Å². The minimum absolute atomic E-state index is 0.448. The lowest BCUT2D eigenvalue weighted by Crippen LogP contribution is -2.12. The Bertz CT molecular complexity index is 625. The van der Waals surface area contributed by atoms with Gasteiger partial charge in [0.15, 0.2) is 5.82 Å². The van der Waals surface area contributed by atoms with Crippen molar-refractivity contribution in [2.24, 2.45) is 0 Å². The highest BCUT2D eigenvalue weighted by Crippen LogP contribution is 2.41. The van der Waals surface area contributed by atoms with Gasteiger partial charge >= 0.3 is 0 Å². The molecule has 2 N–H and O–H groups in total. The monoisotopic (exact) mass is 312 g/mol. The van der Waals surface area contributed by atoms with Gasteiger partial charge in [0.25, 0.3) is 0 Å². The van der Waals surface area contributed by atoms with E-state index in [1.807, 2.05) is 4.68 Å². The third-order valence-electron chi connectivity index (χ3n) is 3.22. The SMILES string of the molecule is Nc1nnn(CCOc2ccc(Cl)cc2Cl)c1C1CC1. The summed E-state index contributed by atoms with van der Waals surface area (Å²) in [6.45, 7) is 1.04. The summed E-state index contributed by atoms with van der Waals surface area (Å²) < 4.78 is 7.46.